The second kappa shape index (κ2) is 7.74. The van der Waals surface area contributed by atoms with Crippen LogP contribution in [-0.4, -0.2) is 36.8 Å². The van der Waals surface area contributed by atoms with E-state index in [-0.39, 0.29) is 11.5 Å². The fraction of sp³-hybridized carbons (Fsp3) is 0.176. The third-order valence-electron chi connectivity index (χ3n) is 3.41. The van der Waals surface area contributed by atoms with Gasteiger partial charge in [0.1, 0.15) is 5.75 Å². The molecule has 0 radical (unpaired) electrons. The van der Waals surface area contributed by atoms with Gasteiger partial charge in [-0.1, -0.05) is 42.1 Å². The van der Waals surface area contributed by atoms with Gasteiger partial charge in [0.2, 0.25) is 5.16 Å². The van der Waals surface area contributed by atoms with E-state index in [1.807, 2.05) is 30.3 Å². The number of thioether (sulfide) groups is 1. The molecule has 1 heterocycles. The van der Waals surface area contributed by atoms with Gasteiger partial charge in [0.25, 0.3) is 0 Å². The number of hydrogen-bond acceptors (Lipinski definition) is 6. The maximum absolute atomic E-state index is 12.0. The fourth-order valence-corrected chi connectivity index (χ4v) is 3.02. The lowest BCUT2D eigenvalue weighted by atomic mass is 10.1. The summed E-state index contributed by atoms with van der Waals surface area (Å²) in [6.07, 6.45) is 1.25. The maximum Gasteiger partial charge on any atom is 0.214 e. The summed E-state index contributed by atoms with van der Waals surface area (Å²) in [6, 6.07) is 16.0. The Morgan fingerprint density at radius 2 is 1.83 bits per heavy atom. The van der Waals surface area contributed by atoms with Crippen LogP contribution in [0.1, 0.15) is 23.2 Å². The smallest absolute Gasteiger partial charge is 0.214 e. The van der Waals surface area contributed by atoms with Crippen LogP contribution in [0.25, 0.3) is 5.69 Å². The molecule has 3 aromatic rings. The van der Waals surface area contributed by atoms with Crippen molar-refractivity contribution in [3.63, 3.8) is 0 Å². The van der Waals surface area contributed by atoms with Crippen LogP contribution in [0.15, 0.2) is 59.8 Å². The molecule has 0 saturated heterocycles. The molecule has 0 unspecified atom stereocenters. The molecule has 2 aromatic carbocycles. The van der Waals surface area contributed by atoms with E-state index >= 15 is 0 Å². The number of aromatic nitrogens is 4. The lowest BCUT2D eigenvalue weighted by Crippen LogP contribution is -2.01. The molecule has 122 valence electrons. The molecule has 24 heavy (non-hydrogen) atoms. The number of hydrogen-bond donors (Lipinski definition) is 1. The number of Topliss-reactive ketones (excluding diaryl/α,β-unsaturated/α-hetero) is 1. The highest BCUT2D eigenvalue weighted by atomic mass is 32.2. The van der Waals surface area contributed by atoms with Crippen molar-refractivity contribution < 1.29 is 9.90 Å². The summed E-state index contributed by atoms with van der Waals surface area (Å²) in [4.78, 5) is 12.0. The first-order chi connectivity index (χ1) is 11.7. The number of nitrogens with zero attached hydrogens (tertiary/aromatic N) is 4. The van der Waals surface area contributed by atoms with Gasteiger partial charge in [-0.3, -0.25) is 4.79 Å². The minimum Gasteiger partial charge on any atom is -0.508 e. The Bertz CT molecular complexity index is 803. The van der Waals surface area contributed by atoms with E-state index in [1.54, 1.807) is 28.9 Å². The number of ketones is 1. The van der Waals surface area contributed by atoms with E-state index < -0.39 is 0 Å². The lowest BCUT2D eigenvalue weighted by molar-refractivity contribution is 0.0982. The highest BCUT2D eigenvalue weighted by Crippen LogP contribution is 2.21. The predicted octanol–water partition coefficient (Wildman–Crippen LogP) is 3.12. The van der Waals surface area contributed by atoms with Crippen molar-refractivity contribution in [2.24, 2.45) is 0 Å². The highest BCUT2D eigenvalue weighted by molar-refractivity contribution is 7.99. The molecule has 0 aliphatic carbocycles. The molecule has 7 heteroatoms. The largest absolute Gasteiger partial charge is 0.508 e. The Morgan fingerprint density at radius 3 is 2.58 bits per heavy atom. The van der Waals surface area contributed by atoms with Crippen LogP contribution in [-0.2, 0) is 0 Å². The highest BCUT2D eigenvalue weighted by Gasteiger charge is 2.10. The summed E-state index contributed by atoms with van der Waals surface area (Å²) in [7, 11) is 0. The van der Waals surface area contributed by atoms with Gasteiger partial charge in [0.15, 0.2) is 5.78 Å². The number of carbonyl (C=O) groups is 1. The van der Waals surface area contributed by atoms with Crippen LogP contribution in [0.2, 0.25) is 0 Å². The number of benzene rings is 2. The molecule has 3 rings (SSSR count). The normalized spacial score (nSPS) is 10.7. The van der Waals surface area contributed by atoms with Gasteiger partial charge in [0, 0.05) is 17.7 Å². The van der Waals surface area contributed by atoms with Gasteiger partial charge >= 0.3 is 0 Å². The first-order valence-electron chi connectivity index (χ1n) is 7.53. The van der Waals surface area contributed by atoms with Gasteiger partial charge in [-0.05, 0) is 41.1 Å². The zero-order valence-corrected chi connectivity index (χ0v) is 13.7. The molecule has 1 N–H and O–H groups in total. The summed E-state index contributed by atoms with van der Waals surface area (Å²) >= 11 is 1.50. The van der Waals surface area contributed by atoms with Gasteiger partial charge in [-0.15, -0.1) is 5.10 Å². The van der Waals surface area contributed by atoms with Gasteiger partial charge in [0.05, 0.1) is 5.69 Å². The summed E-state index contributed by atoms with van der Waals surface area (Å²) in [6.45, 7) is 0. The molecule has 0 amide bonds. The van der Waals surface area contributed by atoms with E-state index in [0.717, 1.165) is 23.4 Å². The number of phenolic OH excluding ortho intramolecular Hbond substituents is 1. The van der Waals surface area contributed by atoms with Crippen molar-refractivity contribution >= 4 is 17.5 Å². The third-order valence-corrected chi connectivity index (χ3v) is 4.42. The third kappa shape index (κ3) is 3.99. The zero-order chi connectivity index (χ0) is 16.8. The first-order valence-corrected chi connectivity index (χ1v) is 8.51. The van der Waals surface area contributed by atoms with Crippen LogP contribution in [0.5, 0.6) is 5.75 Å². The number of aromatic hydroxyl groups is 1. The minimum atomic E-state index is 0.148. The Morgan fingerprint density at radius 1 is 1.08 bits per heavy atom. The van der Waals surface area contributed by atoms with Crippen LogP contribution in [0.3, 0.4) is 0 Å². The fourth-order valence-electron chi connectivity index (χ4n) is 2.19. The van der Waals surface area contributed by atoms with Crippen LogP contribution in [0, 0.1) is 0 Å². The standard InChI is InChI=1S/C17H16N4O2S/c22-15-10-8-14(9-11-15)21-17(18-19-20-21)24-12-4-7-16(23)13-5-2-1-3-6-13/h1-3,5-6,8-11,22H,4,7,12H2. The Kier molecular flexibility index (Phi) is 5.22. The zero-order valence-electron chi connectivity index (χ0n) is 12.9. The molecule has 0 bridgehead atoms. The lowest BCUT2D eigenvalue weighted by Gasteiger charge is -2.04. The second-order valence-electron chi connectivity index (χ2n) is 5.13. The quantitative estimate of drug-likeness (QED) is 0.404. The first kappa shape index (κ1) is 16.2. The average Bonchev–Trinajstić information content (AvgIpc) is 3.08. The van der Waals surface area contributed by atoms with Crippen LogP contribution in [0.4, 0.5) is 0 Å². The predicted molar refractivity (Wildman–Crippen MR) is 91.5 cm³/mol. The summed E-state index contributed by atoms with van der Waals surface area (Å²) in [5, 5.41) is 21.7. The van der Waals surface area contributed by atoms with Crippen molar-refractivity contribution in [2.45, 2.75) is 18.0 Å². The molecule has 0 fully saturated rings. The average molecular weight is 340 g/mol. The van der Waals surface area contributed by atoms with Crippen molar-refractivity contribution in [3.8, 4) is 11.4 Å². The van der Waals surface area contributed by atoms with Crippen molar-refractivity contribution in [3.05, 3.63) is 60.2 Å². The molecule has 0 aliphatic rings. The van der Waals surface area contributed by atoms with E-state index in [9.17, 15) is 9.90 Å². The summed E-state index contributed by atoms with van der Waals surface area (Å²) < 4.78 is 1.61. The number of phenols is 1. The number of carbonyl (C=O) groups excluding carboxylic acids is 1. The Hall–Kier alpha value is -2.67. The number of rotatable bonds is 7. The molecule has 0 atom stereocenters. The van der Waals surface area contributed by atoms with Gasteiger partial charge < -0.3 is 5.11 Å². The molecule has 6 nitrogen and oxygen atoms in total. The van der Waals surface area contributed by atoms with E-state index in [0.29, 0.717) is 11.6 Å². The van der Waals surface area contributed by atoms with Crippen LogP contribution >= 0.6 is 11.8 Å². The monoisotopic (exact) mass is 340 g/mol. The molecular formula is C17H16N4O2S. The Balaban J connectivity index is 1.54. The van der Waals surface area contributed by atoms with E-state index in [4.69, 9.17) is 0 Å². The topological polar surface area (TPSA) is 80.9 Å². The molecule has 0 aliphatic heterocycles. The molecule has 1 aromatic heterocycles. The Labute approximate surface area is 143 Å². The molecule has 0 spiro atoms. The van der Waals surface area contributed by atoms with Crippen molar-refractivity contribution in [1.29, 1.82) is 0 Å². The van der Waals surface area contributed by atoms with Gasteiger partial charge in [-0.25, -0.2) is 0 Å². The van der Waals surface area contributed by atoms with Crippen molar-refractivity contribution in [1.82, 2.24) is 20.2 Å². The van der Waals surface area contributed by atoms with Crippen LogP contribution < -0.4 is 0 Å². The summed E-state index contributed by atoms with van der Waals surface area (Å²) in [5.41, 5.74) is 1.53. The SMILES string of the molecule is O=C(CCCSc1nnnn1-c1ccc(O)cc1)c1ccccc1. The molecular weight excluding hydrogens is 324 g/mol. The van der Waals surface area contributed by atoms with Crippen molar-refractivity contribution in [2.75, 3.05) is 5.75 Å². The van der Waals surface area contributed by atoms with Gasteiger partial charge in [-0.2, -0.15) is 4.68 Å². The van der Waals surface area contributed by atoms with E-state index in [1.165, 1.54) is 11.8 Å². The van der Waals surface area contributed by atoms with E-state index in [2.05, 4.69) is 15.5 Å². The second-order valence-corrected chi connectivity index (χ2v) is 6.19. The molecule has 0 saturated carbocycles. The summed E-state index contributed by atoms with van der Waals surface area (Å²) in [5.74, 6) is 1.09. The maximum atomic E-state index is 12.0. The minimum absolute atomic E-state index is 0.148. The number of tetrazole rings is 1.